The van der Waals surface area contributed by atoms with Crippen molar-refractivity contribution in [3.8, 4) is 6.07 Å². The molecule has 0 bridgehead atoms. The molecule has 2 N–H and O–H groups in total. The van der Waals surface area contributed by atoms with Crippen LogP contribution >= 0.6 is 12.2 Å². The van der Waals surface area contributed by atoms with Gasteiger partial charge < -0.3 is 5.73 Å². The molecule has 1 unspecified atom stereocenters. The molecule has 0 saturated heterocycles. The SMILES string of the molecule is Cc1ccc(N2C(=S)C(C(=O)c3ccccc3)C3(CCCCC3)C(C#N)=C2N)cc1. The first-order chi connectivity index (χ1) is 14.5. The lowest BCUT2D eigenvalue weighted by Crippen LogP contribution is -2.55. The summed E-state index contributed by atoms with van der Waals surface area (Å²) in [6.45, 7) is 2.01. The number of benzene rings is 2. The molecule has 2 aromatic carbocycles. The summed E-state index contributed by atoms with van der Waals surface area (Å²) >= 11 is 5.95. The van der Waals surface area contributed by atoms with Crippen molar-refractivity contribution in [1.82, 2.24) is 0 Å². The predicted molar refractivity (Wildman–Crippen MR) is 123 cm³/mol. The van der Waals surface area contributed by atoms with Gasteiger partial charge in [-0.3, -0.25) is 9.69 Å². The molecule has 2 aromatic rings. The van der Waals surface area contributed by atoms with Crippen molar-refractivity contribution in [1.29, 1.82) is 5.26 Å². The number of nitrogens with two attached hydrogens (primary N) is 1. The number of nitriles is 1. The standard InChI is InChI=1S/C25H25N3OS/c1-17-10-12-19(13-11-17)28-23(27)20(16-26)25(14-6-3-7-15-25)21(24(28)30)22(29)18-8-4-2-5-9-18/h2,4-5,8-13,21H,3,6-7,14-15,27H2,1H3. The number of hydrogen-bond donors (Lipinski definition) is 1. The summed E-state index contributed by atoms with van der Waals surface area (Å²) in [5.74, 6) is -0.247. The van der Waals surface area contributed by atoms with Crippen molar-refractivity contribution in [2.45, 2.75) is 39.0 Å². The van der Waals surface area contributed by atoms with Gasteiger partial charge in [-0.15, -0.1) is 0 Å². The van der Waals surface area contributed by atoms with Gasteiger partial charge in [-0.25, -0.2) is 0 Å². The number of thiocarbonyl (C=S) groups is 1. The Morgan fingerprint density at radius 2 is 1.73 bits per heavy atom. The van der Waals surface area contributed by atoms with E-state index in [1.54, 1.807) is 4.90 Å². The minimum atomic E-state index is -0.623. The van der Waals surface area contributed by atoms with E-state index in [1.807, 2.05) is 61.5 Å². The second-order valence-electron chi connectivity index (χ2n) is 8.26. The minimum Gasteiger partial charge on any atom is -0.384 e. The molecule has 4 rings (SSSR count). The van der Waals surface area contributed by atoms with Gasteiger partial charge in [0.25, 0.3) is 0 Å². The zero-order chi connectivity index (χ0) is 21.3. The van der Waals surface area contributed by atoms with Crippen LogP contribution in [-0.2, 0) is 0 Å². The first-order valence-electron chi connectivity index (χ1n) is 10.4. The molecule has 0 radical (unpaired) electrons. The number of aryl methyl sites for hydroxylation is 1. The molecule has 5 heteroatoms. The second-order valence-corrected chi connectivity index (χ2v) is 8.68. The van der Waals surface area contributed by atoms with Gasteiger partial charge in [-0.1, -0.05) is 79.5 Å². The summed E-state index contributed by atoms with van der Waals surface area (Å²) in [5.41, 5.74) is 8.99. The molecule has 1 aliphatic heterocycles. The molecule has 1 fully saturated rings. The van der Waals surface area contributed by atoms with Gasteiger partial charge in [0.15, 0.2) is 5.78 Å². The van der Waals surface area contributed by atoms with Gasteiger partial charge in [0, 0.05) is 16.7 Å². The lowest BCUT2D eigenvalue weighted by atomic mass is 9.58. The number of carbonyl (C=O) groups is 1. The first kappa shape index (κ1) is 20.3. The van der Waals surface area contributed by atoms with E-state index in [4.69, 9.17) is 18.0 Å². The zero-order valence-corrected chi connectivity index (χ0v) is 17.9. The number of allylic oxidation sites excluding steroid dienone is 1. The van der Waals surface area contributed by atoms with Gasteiger partial charge in [0.1, 0.15) is 5.82 Å². The van der Waals surface area contributed by atoms with E-state index >= 15 is 0 Å². The van der Waals surface area contributed by atoms with E-state index in [0.717, 1.165) is 43.4 Å². The third-order valence-electron chi connectivity index (χ3n) is 6.49. The second kappa shape index (κ2) is 8.04. The van der Waals surface area contributed by atoms with Crippen LogP contribution in [0.15, 0.2) is 66.0 Å². The van der Waals surface area contributed by atoms with E-state index in [-0.39, 0.29) is 5.78 Å². The van der Waals surface area contributed by atoms with Crippen molar-refractivity contribution in [3.63, 3.8) is 0 Å². The highest BCUT2D eigenvalue weighted by atomic mass is 32.1. The minimum absolute atomic E-state index is 0.0279. The maximum atomic E-state index is 13.8. The number of nitrogens with zero attached hydrogens (tertiary/aromatic N) is 2. The molecular formula is C25H25N3OS. The topological polar surface area (TPSA) is 70.1 Å². The molecule has 1 spiro atoms. The Morgan fingerprint density at radius 3 is 2.33 bits per heavy atom. The van der Waals surface area contributed by atoms with Gasteiger partial charge in [-0.2, -0.15) is 5.26 Å². The Labute approximate surface area is 183 Å². The maximum Gasteiger partial charge on any atom is 0.173 e. The fraction of sp³-hybridized carbons (Fsp3) is 0.320. The maximum absolute atomic E-state index is 13.8. The van der Waals surface area contributed by atoms with Gasteiger partial charge in [0.05, 0.1) is 22.5 Å². The summed E-state index contributed by atoms with van der Waals surface area (Å²) in [6, 6.07) is 19.5. The Balaban J connectivity index is 1.92. The third-order valence-corrected chi connectivity index (χ3v) is 6.90. The molecular weight excluding hydrogens is 390 g/mol. The van der Waals surface area contributed by atoms with Crippen LogP contribution < -0.4 is 10.6 Å². The molecule has 1 atom stereocenters. The van der Waals surface area contributed by atoms with Crippen molar-refractivity contribution >= 4 is 28.7 Å². The molecule has 1 heterocycles. The van der Waals surface area contributed by atoms with Crippen LogP contribution in [0.3, 0.4) is 0 Å². The van der Waals surface area contributed by atoms with E-state index in [1.165, 1.54) is 0 Å². The lowest BCUT2D eigenvalue weighted by molar-refractivity contribution is 0.0824. The van der Waals surface area contributed by atoms with Crippen molar-refractivity contribution in [3.05, 3.63) is 77.1 Å². The van der Waals surface area contributed by atoms with Crippen LogP contribution in [0.5, 0.6) is 0 Å². The van der Waals surface area contributed by atoms with E-state index in [9.17, 15) is 10.1 Å². The normalized spacial score (nSPS) is 20.9. The molecule has 2 aliphatic rings. The summed E-state index contributed by atoms with van der Waals surface area (Å²) in [4.78, 5) is 16.0. The molecule has 4 nitrogen and oxygen atoms in total. The Hall–Kier alpha value is -2.97. The highest BCUT2D eigenvalue weighted by molar-refractivity contribution is 7.80. The largest absolute Gasteiger partial charge is 0.384 e. The highest BCUT2D eigenvalue weighted by Gasteiger charge is 2.54. The molecule has 30 heavy (non-hydrogen) atoms. The Bertz CT molecular complexity index is 1040. The number of hydrogen-bond acceptors (Lipinski definition) is 4. The zero-order valence-electron chi connectivity index (χ0n) is 17.1. The number of anilines is 1. The average Bonchev–Trinajstić information content (AvgIpc) is 2.76. The number of Topliss-reactive ketones (excluding diaryl/α,β-unsaturated/α-hetero) is 1. The smallest absolute Gasteiger partial charge is 0.173 e. The fourth-order valence-corrected chi connectivity index (χ4v) is 5.51. The summed E-state index contributed by atoms with van der Waals surface area (Å²) in [6.07, 6.45) is 4.53. The highest BCUT2D eigenvalue weighted by Crippen LogP contribution is 2.53. The van der Waals surface area contributed by atoms with Crippen LogP contribution in [-0.4, -0.2) is 10.8 Å². The molecule has 0 amide bonds. The van der Waals surface area contributed by atoms with Crippen LogP contribution in [0, 0.1) is 29.6 Å². The lowest BCUT2D eigenvalue weighted by Gasteiger charge is -2.49. The van der Waals surface area contributed by atoms with Gasteiger partial charge in [0.2, 0.25) is 0 Å². The quantitative estimate of drug-likeness (QED) is 0.545. The molecule has 1 saturated carbocycles. The first-order valence-corrected chi connectivity index (χ1v) is 10.8. The third kappa shape index (κ3) is 3.22. The van der Waals surface area contributed by atoms with Crippen LogP contribution in [0.1, 0.15) is 48.0 Å². The van der Waals surface area contributed by atoms with E-state index in [2.05, 4.69) is 6.07 Å². The number of ketones is 1. The van der Waals surface area contributed by atoms with Crippen LogP contribution in [0.2, 0.25) is 0 Å². The van der Waals surface area contributed by atoms with Crippen molar-refractivity contribution in [2.75, 3.05) is 4.90 Å². The summed E-state index contributed by atoms with van der Waals surface area (Å²) in [7, 11) is 0. The Morgan fingerprint density at radius 1 is 1.10 bits per heavy atom. The molecule has 0 aromatic heterocycles. The van der Waals surface area contributed by atoms with E-state index in [0.29, 0.717) is 21.9 Å². The molecule has 152 valence electrons. The van der Waals surface area contributed by atoms with Crippen molar-refractivity contribution in [2.24, 2.45) is 17.1 Å². The predicted octanol–water partition coefficient (Wildman–Crippen LogP) is 5.29. The monoisotopic (exact) mass is 415 g/mol. The summed E-state index contributed by atoms with van der Waals surface area (Å²) < 4.78 is 0. The van der Waals surface area contributed by atoms with Gasteiger partial charge in [-0.05, 0) is 31.9 Å². The molecule has 1 aliphatic carbocycles. The fourth-order valence-electron chi connectivity index (χ4n) is 4.98. The summed E-state index contributed by atoms with van der Waals surface area (Å²) in [5, 5.41) is 10.2. The van der Waals surface area contributed by atoms with Gasteiger partial charge >= 0.3 is 0 Å². The van der Waals surface area contributed by atoms with Crippen molar-refractivity contribution < 1.29 is 4.79 Å². The number of carbonyl (C=O) groups excluding carboxylic acids is 1. The van der Waals surface area contributed by atoms with E-state index < -0.39 is 11.3 Å². The number of rotatable bonds is 3. The average molecular weight is 416 g/mol. The van der Waals surface area contributed by atoms with Crippen LogP contribution in [0.4, 0.5) is 5.69 Å². The van der Waals surface area contributed by atoms with Crippen LogP contribution in [0.25, 0.3) is 0 Å². The Kier molecular flexibility index (Phi) is 5.44.